The van der Waals surface area contributed by atoms with Crippen LogP contribution in [0.15, 0.2) is 12.3 Å². The fourth-order valence-corrected chi connectivity index (χ4v) is 0.841. The summed E-state index contributed by atoms with van der Waals surface area (Å²) in [5.74, 6) is 0.959. The summed E-state index contributed by atoms with van der Waals surface area (Å²) in [6, 6.07) is 1.76. The second-order valence-corrected chi connectivity index (χ2v) is 3.51. The van der Waals surface area contributed by atoms with E-state index in [4.69, 9.17) is 11.5 Å². The van der Waals surface area contributed by atoms with Crippen LogP contribution < -0.4 is 16.8 Å². The van der Waals surface area contributed by atoms with Crippen molar-refractivity contribution >= 4 is 11.8 Å². The predicted octanol–water partition coefficient (Wildman–Crippen LogP) is 0.208. The number of nitrogens with two attached hydrogens (primary N) is 2. The molecule has 0 fully saturated rings. The molecule has 13 heavy (non-hydrogen) atoms. The first-order chi connectivity index (χ1) is 6.03. The molecule has 72 valence electrons. The third kappa shape index (κ3) is 2.87. The van der Waals surface area contributed by atoms with E-state index in [-0.39, 0.29) is 11.5 Å². The van der Waals surface area contributed by atoms with Crippen LogP contribution in [0.4, 0.5) is 11.8 Å². The summed E-state index contributed by atoms with van der Waals surface area (Å²) >= 11 is 0. The highest BCUT2D eigenvalue weighted by Crippen LogP contribution is 2.10. The molecule has 0 aliphatic carbocycles. The molecule has 1 aromatic rings. The Hall–Kier alpha value is -1.36. The average molecular weight is 181 g/mol. The molecule has 1 heterocycles. The lowest BCUT2D eigenvalue weighted by molar-refractivity contribution is 0.577. The summed E-state index contributed by atoms with van der Waals surface area (Å²) in [4.78, 5) is 7.80. The summed E-state index contributed by atoms with van der Waals surface area (Å²) in [6.45, 7) is 4.51. The van der Waals surface area contributed by atoms with Gasteiger partial charge in [-0.2, -0.15) is 4.98 Å². The number of nitrogens with one attached hydrogen (secondary N) is 1. The molecule has 1 aromatic heterocycles. The van der Waals surface area contributed by atoms with Crippen molar-refractivity contribution in [2.24, 2.45) is 5.73 Å². The maximum atomic E-state index is 5.56. The van der Waals surface area contributed by atoms with Crippen LogP contribution in [0.2, 0.25) is 0 Å². The zero-order chi connectivity index (χ0) is 9.90. The van der Waals surface area contributed by atoms with Crippen molar-refractivity contribution in [1.82, 2.24) is 9.97 Å². The Morgan fingerprint density at radius 2 is 2.23 bits per heavy atom. The van der Waals surface area contributed by atoms with Gasteiger partial charge in [0.25, 0.3) is 0 Å². The summed E-state index contributed by atoms with van der Waals surface area (Å²) in [5.41, 5.74) is 10.8. The largest absolute Gasteiger partial charge is 0.368 e. The monoisotopic (exact) mass is 181 g/mol. The van der Waals surface area contributed by atoms with Crippen LogP contribution in [0.3, 0.4) is 0 Å². The van der Waals surface area contributed by atoms with Gasteiger partial charge in [0.15, 0.2) is 0 Å². The average Bonchev–Trinajstić information content (AvgIpc) is 2.03. The van der Waals surface area contributed by atoms with Gasteiger partial charge in [-0.15, -0.1) is 0 Å². The molecule has 0 amide bonds. The smallest absolute Gasteiger partial charge is 0.221 e. The first-order valence-electron chi connectivity index (χ1n) is 4.10. The van der Waals surface area contributed by atoms with Crippen LogP contribution in [0, 0.1) is 0 Å². The standard InChI is InChI=1S/C8H15N5/c1-8(2,5-9)13-6-3-4-11-7(10)12-6/h3-4H,5,9H2,1-2H3,(H3,10,11,12,13). The van der Waals surface area contributed by atoms with Crippen LogP contribution in [-0.4, -0.2) is 22.1 Å². The van der Waals surface area contributed by atoms with E-state index in [1.165, 1.54) is 0 Å². The lowest BCUT2D eigenvalue weighted by atomic mass is 10.1. The minimum atomic E-state index is -0.180. The van der Waals surface area contributed by atoms with E-state index in [0.717, 1.165) is 0 Å². The molecule has 0 spiro atoms. The maximum Gasteiger partial charge on any atom is 0.221 e. The molecule has 0 unspecified atom stereocenters. The zero-order valence-corrected chi connectivity index (χ0v) is 7.91. The van der Waals surface area contributed by atoms with E-state index >= 15 is 0 Å². The molecule has 5 N–H and O–H groups in total. The molecule has 0 saturated heterocycles. The Morgan fingerprint density at radius 3 is 2.77 bits per heavy atom. The summed E-state index contributed by atoms with van der Waals surface area (Å²) in [6.07, 6.45) is 1.61. The minimum Gasteiger partial charge on any atom is -0.368 e. The number of nitrogen functional groups attached to an aromatic ring is 1. The summed E-state index contributed by atoms with van der Waals surface area (Å²) in [7, 11) is 0. The van der Waals surface area contributed by atoms with Gasteiger partial charge in [0.2, 0.25) is 5.95 Å². The predicted molar refractivity (Wildman–Crippen MR) is 53.2 cm³/mol. The van der Waals surface area contributed by atoms with Crippen LogP contribution in [-0.2, 0) is 0 Å². The van der Waals surface area contributed by atoms with E-state index in [2.05, 4.69) is 15.3 Å². The minimum absolute atomic E-state index is 0.180. The molecule has 0 bridgehead atoms. The quantitative estimate of drug-likeness (QED) is 0.620. The molecule has 0 aromatic carbocycles. The number of aromatic nitrogens is 2. The number of hydrogen-bond donors (Lipinski definition) is 3. The number of nitrogens with zero attached hydrogens (tertiary/aromatic N) is 2. The van der Waals surface area contributed by atoms with Gasteiger partial charge >= 0.3 is 0 Å². The molecular weight excluding hydrogens is 166 g/mol. The van der Waals surface area contributed by atoms with Gasteiger partial charge in [0.1, 0.15) is 5.82 Å². The molecule has 0 aliphatic heterocycles. The molecule has 0 atom stereocenters. The molecule has 5 heteroatoms. The van der Waals surface area contributed by atoms with Crippen molar-refractivity contribution in [3.05, 3.63) is 12.3 Å². The zero-order valence-electron chi connectivity index (χ0n) is 7.91. The topological polar surface area (TPSA) is 89.8 Å². The van der Waals surface area contributed by atoms with Gasteiger partial charge in [-0.05, 0) is 19.9 Å². The van der Waals surface area contributed by atoms with Crippen molar-refractivity contribution in [1.29, 1.82) is 0 Å². The summed E-state index contributed by atoms with van der Waals surface area (Å²) in [5, 5.41) is 3.15. The molecule has 1 rings (SSSR count). The van der Waals surface area contributed by atoms with Crippen LogP contribution >= 0.6 is 0 Å². The number of anilines is 2. The Kier molecular flexibility index (Phi) is 2.67. The molecule has 0 saturated carbocycles. The number of hydrogen-bond acceptors (Lipinski definition) is 5. The summed E-state index contributed by atoms with van der Waals surface area (Å²) < 4.78 is 0. The van der Waals surface area contributed by atoms with Gasteiger partial charge < -0.3 is 16.8 Å². The maximum absolute atomic E-state index is 5.56. The van der Waals surface area contributed by atoms with Crippen LogP contribution in [0.5, 0.6) is 0 Å². The van der Waals surface area contributed by atoms with Crippen molar-refractivity contribution < 1.29 is 0 Å². The highest BCUT2D eigenvalue weighted by molar-refractivity contribution is 5.39. The molecule has 0 aliphatic rings. The third-order valence-electron chi connectivity index (χ3n) is 1.65. The van der Waals surface area contributed by atoms with Gasteiger partial charge in [0, 0.05) is 18.3 Å². The second-order valence-electron chi connectivity index (χ2n) is 3.51. The number of rotatable bonds is 3. The first-order valence-corrected chi connectivity index (χ1v) is 4.10. The normalized spacial score (nSPS) is 11.3. The lowest BCUT2D eigenvalue weighted by Crippen LogP contribution is -2.39. The van der Waals surface area contributed by atoms with Gasteiger partial charge in [-0.1, -0.05) is 0 Å². The fraction of sp³-hybridized carbons (Fsp3) is 0.500. The molecule has 5 nitrogen and oxygen atoms in total. The molecule has 0 radical (unpaired) electrons. The first kappa shape index (κ1) is 9.73. The fourth-order valence-electron chi connectivity index (χ4n) is 0.841. The highest BCUT2D eigenvalue weighted by atomic mass is 15.1. The Labute approximate surface area is 77.6 Å². The molecular formula is C8H15N5. The van der Waals surface area contributed by atoms with Gasteiger partial charge in [0.05, 0.1) is 0 Å². The van der Waals surface area contributed by atoms with E-state index in [0.29, 0.717) is 12.4 Å². The Morgan fingerprint density at radius 1 is 1.54 bits per heavy atom. The van der Waals surface area contributed by atoms with Gasteiger partial charge in [-0.3, -0.25) is 0 Å². The van der Waals surface area contributed by atoms with E-state index in [1.807, 2.05) is 13.8 Å². The lowest BCUT2D eigenvalue weighted by Gasteiger charge is -2.24. The Bertz CT molecular complexity index is 284. The van der Waals surface area contributed by atoms with E-state index < -0.39 is 0 Å². The van der Waals surface area contributed by atoms with E-state index in [9.17, 15) is 0 Å². The van der Waals surface area contributed by atoms with Crippen molar-refractivity contribution in [2.75, 3.05) is 17.6 Å². The van der Waals surface area contributed by atoms with Gasteiger partial charge in [-0.25, -0.2) is 4.98 Å². The highest BCUT2D eigenvalue weighted by Gasteiger charge is 2.15. The van der Waals surface area contributed by atoms with Crippen LogP contribution in [0.25, 0.3) is 0 Å². The van der Waals surface area contributed by atoms with Crippen molar-refractivity contribution in [2.45, 2.75) is 19.4 Å². The third-order valence-corrected chi connectivity index (χ3v) is 1.65. The van der Waals surface area contributed by atoms with E-state index in [1.54, 1.807) is 12.3 Å². The van der Waals surface area contributed by atoms with Crippen molar-refractivity contribution in [3.63, 3.8) is 0 Å². The van der Waals surface area contributed by atoms with Crippen molar-refractivity contribution in [3.8, 4) is 0 Å². The van der Waals surface area contributed by atoms with Crippen LogP contribution in [0.1, 0.15) is 13.8 Å². The SMILES string of the molecule is CC(C)(CN)Nc1ccnc(N)n1. The Balaban J connectivity index is 2.74. The second kappa shape index (κ2) is 3.57.